The molecule has 3 aromatic heterocycles. The van der Waals surface area contributed by atoms with Crippen LogP contribution in [0.25, 0.3) is 11.3 Å². The molecule has 358 valence electrons. The summed E-state index contributed by atoms with van der Waals surface area (Å²) in [4.78, 5) is 58.2. The van der Waals surface area contributed by atoms with Crippen LogP contribution in [0.3, 0.4) is 0 Å². The first-order valence-corrected chi connectivity index (χ1v) is 23.4. The van der Waals surface area contributed by atoms with Crippen molar-refractivity contribution in [3.63, 3.8) is 0 Å². The minimum atomic E-state index is -4.54. The molecule has 18 heteroatoms. The van der Waals surface area contributed by atoms with Gasteiger partial charge in [-0.15, -0.1) is 0 Å². The second kappa shape index (κ2) is 18.1. The lowest BCUT2D eigenvalue weighted by Gasteiger charge is -2.48. The van der Waals surface area contributed by atoms with E-state index in [9.17, 15) is 32.7 Å². The quantitative estimate of drug-likeness (QED) is 0.118. The van der Waals surface area contributed by atoms with Gasteiger partial charge < -0.3 is 34.7 Å². The van der Waals surface area contributed by atoms with Gasteiger partial charge in [-0.1, -0.05) is 32.0 Å². The third-order valence-corrected chi connectivity index (χ3v) is 14.4. The van der Waals surface area contributed by atoms with Gasteiger partial charge in [-0.25, -0.2) is 9.97 Å². The summed E-state index contributed by atoms with van der Waals surface area (Å²) in [6.07, 6.45) is 3.19. The summed E-state index contributed by atoms with van der Waals surface area (Å²) in [5.41, 5.74) is 5.50. The van der Waals surface area contributed by atoms with Crippen molar-refractivity contribution in [1.29, 1.82) is 0 Å². The Kier molecular flexibility index (Phi) is 12.5. The molecule has 14 nitrogen and oxygen atoms in total. The molecule has 3 atom stereocenters. The van der Waals surface area contributed by atoms with E-state index in [1.54, 1.807) is 42.5 Å². The minimum Gasteiger partial charge on any atom is -0.392 e. The molecule has 0 radical (unpaired) electrons. The van der Waals surface area contributed by atoms with Gasteiger partial charge in [-0.3, -0.25) is 24.2 Å². The van der Waals surface area contributed by atoms with Crippen molar-refractivity contribution >= 4 is 57.8 Å². The van der Waals surface area contributed by atoms with Crippen LogP contribution in [0.15, 0.2) is 78.4 Å². The van der Waals surface area contributed by atoms with Crippen LogP contribution in [-0.2, 0) is 44.0 Å². The number of piperidine rings is 1. The number of aliphatic hydroxyl groups is 1. The fourth-order valence-electron chi connectivity index (χ4n) is 10.8. The maximum atomic E-state index is 14.0. The first kappa shape index (κ1) is 46.9. The third kappa shape index (κ3) is 8.87. The number of hydrogen-bond acceptors (Lipinski definition) is 10. The van der Waals surface area contributed by atoms with Crippen LogP contribution in [0.5, 0.6) is 0 Å². The number of nitrogens with one attached hydrogen (secondary N) is 2. The Bertz CT molecular complexity index is 2880. The maximum absolute atomic E-state index is 14.0. The van der Waals surface area contributed by atoms with E-state index >= 15 is 0 Å². The number of carbonyl (C=O) groups is 2. The number of alkyl halides is 3. The largest absolute Gasteiger partial charge is 0.417 e. The second-order valence-corrected chi connectivity index (χ2v) is 19.7. The lowest BCUT2D eigenvalue weighted by atomic mass is 9.90. The summed E-state index contributed by atoms with van der Waals surface area (Å²) in [5.74, 6) is -0.256. The molecule has 0 spiro atoms. The Morgan fingerprint density at radius 1 is 1.00 bits per heavy atom. The monoisotopic (exact) mass is 952 g/mol. The van der Waals surface area contributed by atoms with E-state index in [1.807, 2.05) is 30.0 Å². The Hall–Kier alpha value is -6.17. The van der Waals surface area contributed by atoms with E-state index in [0.717, 1.165) is 50.5 Å². The van der Waals surface area contributed by atoms with Gasteiger partial charge >= 0.3 is 6.18 Å². The second-order valence-electron chi connectivity index (χ2n) is 19.3. The van der Waals surface area contributed by atoms with Crippen molar-refractivity contribution < 1.29 is 27.9 Å². The number of fused-ring (bicyclic) bond motifs is 3. The van der Waals surface area contributed by atoms with Crippen LogP contribution in [0.1, 0.15) is 73.4 Å². The molecule has 2 saturated heterocycles. The van der Waals surface area contributed by atoms with Crippen LogP contribution < -0.4 is 30.9 Å². The summed E-state index contributed by atoms with van der Waals surface area (Å²) in [6, 6.07) is 13.6. The van der Waals surface area contributed by atoms with E-state index in [-0.39, 0.29) is 40.3 Å². The number of aromatic nitrogens is 4. The number of rotatable bonds is 10. The number of hydrogen-bond donors (Lipinski definition) is 3. The molecule has 1 unspecified atom stereocenters. The fraction of sp³-hybridized carbons (Fsp3) is 0.420. The minimum absolute atomic E-state index is 0.00395. The molecule has 6 heterocycles. The number of aliphatic hydroxyl groups excluding tert-OH is 1. The SMILES string of the molecule is C=CC(=O)Nc1cc(Nc2nc(-c3ccnc(N4CCn5c(cc6c5CC(C)(C)C6)C4=O)c3CO)cn(C)c2=O)ccc1N1CCN(C2CCN(c3ccc(Cl)c(C(F)(F)F)c3)[C@@H](C)C2)C[C@@H]1C. The van der Waals surface area contributed by atoms with Gasteiger partial charge in [0.05, 0.1) is 34.3 Å². The summed E-state index contributed by atoms with van der Waals surface area (Å²) >= 11 is 5.92. The molecule has 2 amide bonds. The van der Waals surface area contributed by atoms with Crippen LogP contribution in [-0.4, -0.2) is 91.8 Å². The fourth-order valence-corrected chi connectivity index (χ4v) is 11.0. The highest BCUT2D eigenvalue weighted by Gasteiger charge is 2.39. The molecule has 4 aliphatic rings. The van der Waals surface area contributed by atoms with Crippen molar-refractivity contribution in [2.75, 3.05) is 58.1 Å². The molecule has 2 aromatic carbocycles. The molecule has 1 aliphatic carbocycles. The number of amides is 2. The predicted octanol–water partition coefficient (Wildman–Crippen LogP) is 8.03. The van der Waals surface area contributed by atoms with Crippen LogP contribution in [0.2, 0.25) is 5.02 Å². The highest BCUT2D eigenvalue weighted by molar-refractivity contribution is 6.31. The van der Waals surface area contributed by atoms with Gasteiger partial charge in [0.25, 0.3) is 11.5 Å². The van der Waals surface area contributed by atoms with Gasteiger partial charge in [0.15, 0.2) is 5.82 Å². The van der Waals surface area contributed by atoms with E-state index in [2.05, 4.69) is 57.3 Å². The molecule has 68 heavy (non-hydrogen) atoms. The van der Waals surface area contributed by atoms with Crippen molar-refractivity contribution in [3.05, 3.63) is 117 Å². The molecule has 3 N–H and O–H groups in total. The first-order chi connectivity index (χ1) is 32.3. The van der Waals surface area contributed by atoms with Crippen molar-refractivity contribution in [2.45, 2.75) is 90.8 Å². The van der Waals surface area contributed by atoms with Crippen LogP contribution in [0, 0.1) is 5.41 Å². The van der Waals surface area contributed by atoms with Gasteiger partial charge in [0, 0.05) is 105 Å². The number of halogens is 4. The first-order valence-electron chi connectivity index (χ1n) is 23.0. The topological polar surface area (TPSA) is 144 Å². The Balaban J connectivity index is 0.922. The molecule has 0 bridgehead atoms. The summed E-state index contributed by atoms with van der Waals surface area (Å²) in [5, 5.41) is 16.6. The molecular weight excluding hydrogens is 897 g/mol. The molecule has 9 rings (SSSR count). The number of piperazine rings is 1. The number of pyridine rings is 1. The van der Waals surface area contributed by atoms with Crippen LogP contribution >= 0.6 is 11.6 Å². The molecular formula is C50H56ClF3N10O4. The van der Waals surface area contributed by atoms with Crippen LogP contribution in [0.4, 0.5) is 47.6 Å². The standard InChI is InChI=1S/C50H56ClF3N10O4/c1-7-44(66)57-39-22-32(8-11-41(39)62-17-16-60(26-30(62)3)33-13-15-61(29(2)20-33)34-9-10-38(51)37(23-34)50(52,53)54)56-45-48(68)59(6)27-40(58-45)35-12-14-55-46(36(35)28-65)64-19-18-63-42(47(64)67)21-31-24-49(4,5)25-43(31)63/h7-12,14,21-23,27,29-30,33,65H,1,13,15-20,24-26,28H2,2-6H3,(H,56,58)(H,57,66)/t29-,30-,33?/m0/s1. The number of carbonyl (C=O) groups excluding carboxylic acids is 2. The van der Waals surface area contributed by atoms with Gasteiger partial charge in [-0.05, 0) is 105 Å². The number of aryl methyl sites for hydroxylation is 1. The van der Waals surface area contributed by atoms with Gasteiger partial charge in [0.1, 0.15) is 11.5 Å². The molecule has 0 saturated carbocycles. The summed E-state index contributed by atoms with van der Waals surface area (Å²) in [6.45, 7) is 15.5. The van der Waals surface area contributed by atoms with E-state index in [1.165, 1.54) is 28.0 Å². The zero-order valence-corrected chi connectivity index (χ0v) is 39.6. The number of benzene rings is 2. The maximum Gasteiger partial charge on any atom is 0.417 e. The summed E-state index contributed by atoms with van der Waals surface area (Å²) < 4.78 is 44.5. The Morgan fingerprint density at radius 3 is 2.51 bits per heavy atom. The average Bonchev–Trinajstić information content (AvgIpc) is 3.79. The van der Waals surface area contributed by atoms with Gasteiger partial charge in [-0.2, -0.15) is 13.2 Å². The molecule has 5 aromatic rings. The zero-order chi connectivity index (χ0) is 48.4. The smallest absolute Gasteiger partial charge is 0.392 e. The molecule has 3 aliphatic heterocycles. The Morgan fingerprint density at radius 2 is 1.79 bits per heavy atom. The zero-order valence-electron chi connectivity index (χ0n) is 38.8. The third-order valence-electron chi connectivity index (χ3n) is 14.0. The van der Waals surface area contributed by atoms with Crippen molar-refractivity contribution in [1.82, 2.24) is 24.0 Å². The average molecular weight is 954 g/mol. The predicted molar refractivity (Wildman–Crippen MR) is 259 cm³/mol. The lowest BCUT2D eigenvalue weighted by molar-refractivity contribution is -0.137. The number of nitrogens with zero attached hydrogens (tertiary/aromatic N) is 8. The lowest BCUT2D eigenvalue weighted by Crippen LogP contribution is -2.58. The van der Waals surface area contributed by atoms with Crippen molar-refractivity contribution in [2.24, 2.45) is 12.5 Å². The highest BCUT2D eigenvalue weighted by atomic mass is 35.5. The van der Waals surface area contributed by atoms with Gasteiger partial charge in [0.2, 0.25) is 5.91 Å². The van der Waals surface area contributed by atoms with E-state index in [4.69, 9.17) is 16.6 Å². The number of anilines is 6. The normalized spacial score (nSPS) is 20.6. The Labute approximate surface area is 398 Å². The van der Waals surface area contributed by atoms with Crippen molar-refractivity contribution in [3.8, 4) is 11.3 Å². The summed E-state index contributed by atoms with van der Waals surface area (Å²) in [7, 11) is 1.61. The van der Waals surface area contributed by atoms with E-state index in [0.29, 0.717) is 71.6 Å². The highest BCUT2D eigenvalue weighted by Crippen LogP contribution is 2.42. The van der Waals surface area contributed by atoms with E-state index < -0.39 is 29.8 Å². The molecule has 2 fully saturated rings.